The van der Waals surface area contributed by atoms with Crippen molar-refractivity contribution in [2.24, 2.45) is 0 Å². The standard InChI is InChI=1S/C24H29FN6O9/c25-10-1-2-15-13-31(30-29-15)16-5-3-14(4-6-16)22(36)26-11-9-19(32)28-18(24(39)40)12-20(33)27-17(23(37)38)7-8-21(34)35/h3-6,13,17-18H,1-2,7-12H2,(H,26,36)(H,27,33)(H,28,32)(H,34,35)(H,37,38)(H,39,40)/t17-,18+/m0/s1. The number of alkyl halides is 1. The lowest BCUT2D eigenvalue weighted by Gasteiger charge is -2.17. The zero-order valence-corrected chi connectivity index (χ0v) is 21.2. The Morgan fingerprint density at radius 2 is 1.55 bits per heavy atom. The van der Waals surface area contributed by atoms with Crippen LogP contribution in [0.2, 0.25) is 0 Å². The number of amides is 3. The first-order valence-electron chi connectivity index (χ1n) is 12.1. The van der Waals surface area contributed by atoms with Crippen molar-refractivity contribution in [1.82, 2.24) is 30.9 Å². The van der Waals surface area contributed by atoms with Gasteiger partial charge in [-0.2, -0.15) is 0 Å². The molecule has 40 heavy (non-hydrogen) atoms. The lowest BCUT2D eigenvalue weighted by atomic mass is 10.1. The van der Waals surface area contributed by atoms with E-state index in [2.05, 4.69) is 20.9 Å². The van der Waals surface area contributed by atoms with Gasteiger partial charge in [0.05, 0.1) is 30.7 Å². The number of aromatic nitrogens is 3. The summed E-state index contributed by atoms with van der Waals surface area (Å²) in [7, 11) is 0. The molecule has 0 unspecified atom stereocenters. The minimum Gasteiger partial charge on any atom is -0.481 e. The number of carbonyl (C=O) groups excluding carboxylic acids is 3. The smallest absolute Gasteiger partial charge is 0.326 e. The number of carboxylic acid groups (broad SMARTS) is 3. The Morgan fingerprint density at radius 1 is 0.900 bits per heavy atom. The molecule has 0 spiro atoms. The molecule has 16 heteroatoms. The Bertz CT molecular complexity index is 1220. The van der Waals surface area contributed by atoms with Gasteiger partial charge in [-0.25, -0.2) is 14.3 Å². The van der Waals surface area contributed by atoms with E-state index in [0.717, 1.165) is 0 Å². The topological polar surface area (TPSA) is 230 Å². The Labute approximate surface area is 226 Å². The maximum Gasteiger partial charge on any atom is 0.326 e. The number of aliphatic carboxylic acids is 3. The minimum atomic E-state index is -1.68. The zero-order chi connectivity index (χ0) is 29.7. The van der Waals surface area contributed by atoms with E-state index >= 15 is 0 Å². The summed E-state index contributed by atoms with van der Waals surface area (Å²) < 4.78 is 13.8. The van der Waals surface area contributed by atoms with Gasteiger partial charge in [0.1, 0.15) is 12.1 Å². The normalized spacial score (nSPS) is 12.1. The first-order valence-corrected chi connectivity index (χ1v) is 12.1. The fourth-order valence-electron chi connectivity index (χ4n) is 3.37. The Hall–Kier alpha value is -4.89. The van der Waals surface area contributed by atoms with Gasteiger partial charge in [0.15, 0.2) is 0 Å². The van der Waals surface area contributed by atoms with Crippen molar-refractivity contribution in [2.75, 3.05) is 13.2 Å². The predicted octanol–water partition coefficient (Wildman–Crippen LogP) is -0.317. The molecule has 2 aromatic rings. The van der Waals surface area contributed by atoms with E-state index in [9.17, 15) is 38.3 Å². The summed E-state index contributed by atoms with van der Waals surface area (Å²) in [6, 6.07) is 3.06. The summed E-state index contributed by atoms with van der Waals surface area (Å²) in [5.41, 5.74) is 1.52. The van der Waals surface area contributed by atoms with Crippen molar-refractivity contribution in [3.05, 3.63) is 41.7 Å². The molecule has 3 amide bonds. The molecule has 0 aliphatic rings. The maximum absolute atomic E-state index is 12.4. The molecule has 1 aromatic carbocycles. The molecule has 0 aliphatic carbocycles. The van der Waals surface area contributed by atoms with E-state index in [4.69, 9.17) is 10.2 Å². The summed E-state index contributed by atoms with van der Waals surface area (Å²) in [5.74, 6) is -6.61. The summed E-state index contributed by atoms with van der Waals surface area (Å²) in [4.78, 5) is 70.0. The molecule has 1 heterocycles. The number of carbonyl (C=O) groups is 6. The first-order chi connectivity index (χ1) is 19.0. The van der Waals surface area contributed by atoms with Gasteiger partial charge < -0.3 is 31.3 Å². The number of nitrogens with one attached hydrogen (secondary N) is 3. The number of halogens is 1. The van der Waals surface area contributed by atoms with E-state index in [-0.39, 0.29) is 18.5 Å². The molecule has 2 atom stereocenters. The molecule has 0 saturated heterocycles. The Kier molecular flexibility index (Phi) is 12.1. The number of nitrogens with zero attached hydrogens (tertiary/aromatic N) is 3. The van der Waals surface area contributed by atoms with Crippen LogP contribution in [0.4, 0.5) is 4.39 Å². The lowest BCUT2D eigenvalue weighted by molar-refractivity contribution is -0.145. The van der Waals surface area contributed by atoms with Crippen molar-refractivity contribution in [3.63, 3.8) is 0 Å². The van der Waals surface area contributed by atoms with Crippen LogP contribution in [-0.2, 0) is 30.4 Å². The van der Waals surface area contributed by atoms with E-state index in [1.54, 1.807) is 18.3 Å². The minimum absolute atomic E-state index is 0.151. The largest absolute Gasteiger partial charge is 0.481 e. The van der Waals surface area contributed by atoms with Crippen molar-refractivity contribution in [3.8, 4) is 5.69 Å². The number of hydrogen-bond acceptors (Lipinski definition) is 8. The molecular formula is C24H29FN6O9. The van der Waals surface area contributed by atoms with Crippen LogP contribution in [0.25, 0.3) is 5.69 Å². The van der Waals surface area contributed by atoms with E-state index in [0.29, 0.717) is 24.2 Å². The van der Waals surface area contributed by atoms with Gasteiger partial charge >= 0.3 is 17.9 Å². The number of benzene rings is 1. The van der Waals surface area contributed by atoms with E-state index < -0.39 is 73.7 Å². The molecule has 1 aromatic heterocycles. The molecule has 0 aliphatic heterocycles. The Balaban J connectivity index is 1.82. The third kappa shape index (κ3) is 10.5. The molecule has 0 bridgehead atoms. The highest BCUT2D eigenvalue weighted by Crippen LogP contribution is 2.10. The second-order valence-corrected chi connectivity index (χ2v) is 8.55. The van der Waals surface area contributed by atoms with Crippen LogP contribution >= 0.6 is 0 Å². The van der Waals surface area contributed by atoms with Gasteiger partial charge in [-0.05, 0) is 43.5 Å². The van der Waals surface area contributed by atoms with Crippen molar-refractivity contribution in [1.29, 1.82) is 0 Å². The van der Waals surface area contributed by atoms with Gasteiger partial charge in [-0.1, -0.05) is 5.21 Å². The highest BCUT2D eigenvalue weighted by molar-refractivity contribution is 5.95. The van der Waals surface area contributed by atoms with Gasteiger partial charge in [0.2, 0.25) is 11.8 Å². The summed E-state index contributed by atoms with van der Waals surface area (Å²) in [5, 5.41) is 41.7. The zero-order valence-electron chi connectivity index (χ0n) is 21.2. The van der Waals surface area contributed by atoms with E-state index in [1.807, 2.05) is 5.32 Å². The lowest BCUT2D eigenvalue weighted by Crippen LogP contribution is -2.47. The average Bonchev–Trinajstić information content (AvgIpc) is 3.38. The molecule has 0 saturated carbocycles. The molecular weight excluding hydrogens is 535 g/mol. The van der Waals surface area contributed by atoms with Crippen LogP contribution in [0.1, 0.15) is 48.2 Å². The fraction of sp³-hybridized carbons (Fsp3) is 0.417. The number of hydrogen-bond donors (Lipinski definition) is 6. The average molecular weight is 565 g/mol. The number of aryl methyl sites for hydroxylation is 1. The predicted molar refractivity (Wildman–Crippen MR) is 133 cm³/mol. The Morgan fingerprint density at radius 3 is 2.15 bits per heavy atom. The highest BCUT2D eigenvalue weighted by atomic mass is 19.1. The molecule has 15 nitrogen and oxygen atoms in total. The summed E-state index contributed by atoms with van der Waals surface area (Å²) in [6.45, 7) is -0.607. The van der Waals surface area contributed by atoms with E-state index in [1.165, 1.54) is 16.8 Å². The van der Waals surface area contributed by atoms with Crippen LogP contribution < -0.4 is 16.0 Å². The molecule has 216 valence electrons. The van der Waals surface area contributed by atoms with Crippen LogP contribution in [0.5, 0.6) is 0 Å². The third-order valence-electron chi connectivity index (χ3n) is 5.44. The summed E-state index contributed by atoms with van der Waals surface area (Å²) in [6.07, 6.45) is 0.396. The molecule has 0 fully saturated rings. The first kappa shape index (κ1) is 31.3. The van der Waals surface area contributed by atoms with Gasteiger partial charge in [0, 0.05) is 24.9 Å². The second kappa shape index (κ2) is 15.5. The number of carboxylic acids is 3. The van der Waals surface area contributed by atoms with Crippen LogP contribution in [-0.4, -0.2) is 91.2 Å². The van der Waals surface area contributed by atoms with Gasteiger partial charge in [-0.15, -0.1) is 5.10 Å². The van der Waals surface area contributed by atoms with Crippen LogP contribution in [0.15, 0.2) is 30.5 Å². The van der Waals surface area contributed by atoms with Crippen molar-refractivity contribution >= 4 is 35.6 Å². The van der Waals surface area contributed by atoms with Crippen molar-refractivity contribution < 1.29 is 48.5 Å². The van der Waals surface area contributed by atoms with Crippen LogP contribution in [0, 0.1) is 0 Å². The van der Waals surface area contributed by atoms with Crippen LogP contribution in [0.3, 0.4) is 0 Å². The monoisotopic (exact) mass is 564 g/mol. The molecule has 6 N–H and O–H groups in total. The maximum atomic E-state index is 12.4. The van der Waals surface area contributed by atoms with Gasteiger partial charge in [-0.3, -0.25) is 23.6 Å². The van der Waals surface area contributed by atoms with Crippen molar-refractivity contribution in [2.45, 2.75) is 50.6 Å². The highest BCUT2D eigenvalue weighted by Gasteiger charge is 2.27. The SMILES string of the molecule is O=C(O)CC[C@H](NC(=O)C[C@@H](NC(=O)CCNC(=O)c1ccc(-n2cc(CCCF)nn2)cc1)C(=O)O)C(=O)O. The van der Waals surface area contributed by atoms with Gasteiger partial charge in [0.25, 0.3) is 5.91 Å². The number of rotatable bonds is 17. The molecule has 2 rings (SSSR count). The quantitative estimate of drug-likeness (QED) is 0.146. The summed E-state index contributed by atoms with van der Waals surface area (Å²) >= 11 is 0. The third-order valence-corrected chi connectivity index (χ3v) is 5.44. The fourth-order valence-corrected chi connectivity index (χ4v) is 3.37. The second-order valence-electron chi connectivity index (χ2n) is 8.55. The molecule has 0 radical (unpaired) electrons.